The Kier molecular flexibility index (Phi) is 4.04. The van der Waals surface area contributed by atoms with Gasteiger partial charge < -0.3 is 9.88 Å². The molecule has 0 bridgehead atoms. The summed E-state index contributed by atoms with van der Waals surface area (Å²) in [6.07, 6.45) is 0. The Labute approximate surface area is 174 Å². The maximum absolute atomic E-state index is 13.1. The fraction of sp³-hybridized carbons (Fsp3) is 0.238. The molecule has 2 N–H and O–H groups in total. The van der Waals surface area contributed by atoms with Gasteiger partial charge in [0.25, 0.3) is 17.0 Å². The van der Waals surface area contributed by atoms with E-state index in [2.05, 4.69) is 15.1 Å². The third-order valence-corrected chi connectivity index (χ3v) is 6.56. The Hall–Kier alpha value is -3.46. The number of aryl methyl sites for hydroxylation is 3. The molecule has 0 spiro atoms. The molecular formula is C21H19N5O3S. The molecule has 0 aliphatic carbocycles. The molecule has 1 amide bonds. The highest BCUT2D eigenvalue weighted by Crippen LogP contribution is 2.29. The highest BCUT2D eigenvalue weighted by molar-refractivity contribution is 7.13. The van der Waals surface area contributed by atoms with E-state index in [0.29, 0.717) is 16.9 Å². The van der Waals surface area contributed by atoms with Crippen LogP contribution in [0.5, 0.6) is 0 Å². The summed E-state index contributed by atoms with van der Waals surface area (Å²) >= 11 is 1.58. The van der Waals surface area contributed by atoms with Crippen LogP contribution in [0.1, 0.15) is 38.4 Å². The number of aromatic nitrogens is 4. The van der Waals surface area contributed by atoms with Gasteiger partial charge in [0.2, 0.25) is 0 Å². The lowest BCUT2D eigenvalue weighted by atomic mass is 10.1. The molecule has 1 aliphatic heterocycles. The molecule has 0 unspecified atom stereocenters. The van der Waals surface area contributed by atoms with Crippen LogP contribution in [-0.2, 0) is 13.1 Å². The molecule has 0 atom stereocenters. The number of carbonyl (C=O) groups is 1. The summed E-state index contributed by atoms with van der Waals surface area (Å²) in [6.45, 7) is 5.88. The Morgan fingerprint density at radius 2 is 2.00 bits per heavy atom. The molecule has 5 heterocycles. The first-order valence-electron chi connectivity index (χ1n) is 9.52. The largest absolute Gasteiger partial charge is 0.328 e. The number of thiophene rings is 1. The Morgan fingerprint density at radius 1 is 1.20 bits per heavy atom. The third kappa shape index (κ3) is 2.66. The first-order chi connectivity index (χ1) is 14.3. The zero-order valence-electron chi connectivity index (χ0n) is 16.7. The van der Waals surface area contributed by atoms with Gasteiger partial charge in [-0.15, -0.1) is 11.3 Å². The molecule has 1 aliphatic rings. The number of pyridine rings is 1. The second kappa shape index (κ2) is 6.53. The molecule has 30 heavy (non-hydrogen) atoms. The van der Waals surface area contributed by atoms with Crippen LogP contribution in [0.25, 0.3) is 16.2 Å². The highest BCUT2D eigenvalue weighted by Gasteiger charge is 2.31. The summed E-state index contributed by atoms with van der Waals surface area (Å²) in [7, 11) is 0. The summed E-state index contributed by atoms with van der Waals surface area (Å²) in [5, 5.41) is 5.14. The molecule has 4 aromatic rings. The van der Waals surface area contributed by atoms with Gasteiger partial charge in [-0.1, -0.05) is 6.07 Å². The van der Waals surface area contributed by atoms with Gasteiger partial charge in [0, 0.05) is 11.3 Å². The lowest BCUT2D eigenvalue weighted by Gasteiger charge is -2.15. The minimum absolute atomic E-state index is 0.0766. The SMILES string of the molecule is Cc1cc(C(=O)N2Cc3nc4c(C)c(-c5cccs5)[nH]n4c(=O)c3C2)c(=O)[nH]c1C. The quantitative estimate of drug-likeness (QED) is 0.519. The molecule has 9 heteroatoms. The van der Waals surface area contributed by atoms with Crippen molar-refractivity contribution in [1.29, 1.82) is 0 Å². The highest BCUT2D eigenvalue weighted by atomic mass is 32.1. The number of amides is 1. The normalized spacial score (nSPS) is 13.2. The zero-order chi connectivity index (χ0) is 21.2. The lowest BCUT2D eigenvalue weighted by molar-refractivity contribution is 0.0748. The Balaban J connectivity index is 1.55. The van der Waals surface area contributed by atoms with E-state index in [1.165, 1.54) is 9.42 Å². The number of nitrogens with one attached hydrogen (secondary N) is 2. The molecule has 0 saturated heterocycles. The number of hydrogen-bond donors (Lipinski definition) is 2. The minimum Gasteiger partial charge on any atom is -0.328 e. The lowest BCUT2D eigenvalue weighted by Crippen LogP contribution is -2.31. The molecule has 0 aromatic carbocycles. The van der Waals surface area contributed by atoms with Crippen LogP contribution in [0.4, 0.5) is 0 Å². The standard InChI is InChI=1S/C21H19N5O3S/c1-10-7-13(19(27)22-12(10)3)20(28)25-8-14-15(9-25)23-18-11(2)17(16-5-4-6-30-16)24-26(18)21(14)29/h4-7,24H,8-9H2,1-3H3,(H,22,27). The van der Waals surface area contributed by atoms with Gasteiger partial charge in [0.05, 0.1) is 34.9 Å². The van der Waals surface area contributed by atoms with E-state index in [1.807, 2.05) is 31.4 Å². The summed E-state index contributed by atoms with van der Waals surface area (Å²) < 4.78 is 1.44. The smallest absolute Gasteiger partial charge is 0.278 e. The van der Waals surface area contributed by atoms with Gasteiger partial charge >= 0.3 is 0 Å². The van der Waals surface area contributed by atoms with Crippen molar-refractivity contribution in [2.45, 2.75) is 33.9 Å². The molecule has 0 saturated carbocycles. The van der Waals surface area contributed by atoms with Crippen molar-refractivity contribution in [3.05, 3.63) is 77.9 Å². The number of fused-ring (bicyclic) bond motifs is 2. The maximum atomic E-state index is 13.1. The van der Waals surface area contributed by atoms with Crippen molar-refractivity contribution < 1.29 is 4.79 Å². The molecule has 152 valence electrons. The first-order valence-corrected chi connectivity index (χ1v) is 10.4. The number of nitrogens with zero attached hydrogens (tertiary/aromatic N) is 3. The Bertz CT molecular complexity index is 1440. The van der Waals surface area contributed by atoms with Crippen molar-refractivity contribution in [3.8, 4) is 10.6 Å². The monoisotopic (exact) mass is 421 g/mol. The van der Waals surface area contributed by atoms with E-state index in [-0.39, 0.29) is 24.2 Å². The number of carbonyl (C=O) groups excluding carboxylic acids is 1. The number of rotatable bonds is 2. The van der Waals surface area contributed by atoms with E-state index in [4.69, 9.17) is 0 Å². The van der Waals surface area contributed by atoms with Crippen LogP contribution in [0.2, 0.25) is 0 Å². The first kappa shape index (κ1) is 18.6. The van der Waals surface area contributed by atoms with Gasteiger partial charge in [-0.25, -0.2) is 9.50 Å². The van der Waals surface area contributed by atoms with Gasteiger partial charge in [0.15, 0.2) is 5.65 Å². The third-order valence-electron chi connectivity index (χ3n) is 5.67. The fourth-order valence-corrected chi connectivity index (χ4v) is 4.62. The maximum Gasteiger partial charge on any atom is 0.278 e. The van der Waals surface area contributed by atoms with Crippen LogP contribution in [-0.4, -0.2) is 30.4 Å². The molecular weight excluding hydrogens is 402 g/mol. The van der Waals surface area contributed by atoms with Crippen molar-refractivity contribution in [3.63, 3.8) is 0 Å². The van der Waals surface area contributed by atoms with Crippen LogP contribution < -0.4 is 11.1 Å². The van der Waals surface area contributed by atoms with Crippen molar-refractivity contribution in [2.75, 3.05) is 0 Å². The van der Waals surface area contributed by atoms with Gasteiger partial charge in [-0.2, -0.15) is 0 Å². The average Bonchev–Trinajstić information content (AvgIpc) is 3.44. The summed E-state index contributed by atoms with van der Waals surface area (Å²) in [4.78, 5) is 48.3. The van der Waals surface area contributed by atoms with Gasteiger partial charge in [-0.05, 0) is 43.8 Å². The van der Waals surface area contributed by atoms with Crippen LogP contribution in [0.15, 0.2) is 33.2 Å². The predicted octanol–water partition coefficient (Wildman–Crippen LogP) is 2.52. The molecule has 0 radical (unpaired) electrons. The van der Waals surface area contributed by atoms with E-state index in [0.717, 1.165) is 27.4 Å². The zero-order valence-corrected chi connectivity index (χ0v) is 17.5. The molecule has 0 fully saturated rings. The number of aromatic amines is 2. The molecule has 4 aromatic heterocycles. The van der Waals surface area contributed by atoms with Crippen molar-refractivity contribution >= 4 is 22.9 Å². The molecule has 5 rings (SSSR count). The predicted molar refractivity (Wildman–Crippen MR) is 114 cm³/mol. The summed E-state index contributed by atoms with van der Waals surface area (Å²) in [5.41, 5.74) is 4.35. The van der Waals surface area contributed by atoms with Crippen molar-refractivity contribution in [1.82, 2.24) is 24.5 Å². The van der Waals surface area contributed by atoms with E-state index >= 15 is 0 Å². The Morgan fingerprint density at radius 3 is 2.73 bits per heavy atom. The topological polar surface area (TPSA) is 103 Å². The number of hydrogen-bond acceptors (Lipinski definition) is 5. The molecule has 8 nitrogen and oxygen atoms in total. The van der Waals surface area contributed by atoms with Crippen molar-refractivity contribution in [2.24, 2.45) is 0 Å². The van der Waals surface area contributed by atoms with E-state index in [1.54, 1.807) is 24.3 Å². The van der Waals surface area contributed by atoms with Crippen LogP contribution >= 0.6 is 11.3 Å². The summed E-state index contributed by atoms with van der Waals surface area (Å²) in [5.74, 6) is -0.401. The summed E-state index contributed by atoms with van der Waals surface area (Å²) in [6, 6.07) is 5.54. The second-order valence-corrected chi connectivity index (χ2v) is 8.52. The van der Waals surface area contributed by atoms with E-state index in [9.17, 15) is 14.4 Å². The minimum atomic E-state index is -0.424. The average molecular weight is 421 g/mol. The number of H-pyrrole nitrogens is 2. The van der Waals surface area contributed by atoms with E-state index < -0.39 is 11.5 Å². The second-order valence-electron chi connectivity index (χ2n) is 7.57. The fourth-order valence-electron chi connectivity index (χ4n) is 3.84. The van der Waals surface area contributed by atoms with Crippen LogP contribution in [0, 0.1) is 20.8 Å². The van der Waals surface area contributed by atoms with Gasteiger partial charge in [-0.3, -0.25) is 19.5 Å². The van der Waals surface area contributed by atoms with Crippen LogP contribution in [0.3, 0.4) is 0 Å². The van der Waals surface area contributed by atoms with Gasteiger partial charge in [0.1, 0.15) is 5.56 Å².